The first-order valence-corrected chi connectivity index (χ1v) is 9.12. The molecule has 0 unspecified atom stereocenters. The van der Waals surface area contributed by atoms with Crippen molar-refractivity contribution in [1.29, 1.82) is 0 Å². The van der Waals surface area contributed by atoms with Gasteiger partial charge in [0.1, 0.15) is 5.75 Å². The smallest absolute Gasteiger partial charge is 0.234 e. The molecule has 0 spiro atoms. The summed E-state index contributed by atoms with van der Waals surface area (Å²) in [5.74, 6) is 1.72. The van der Waals surface area contributed by atoms with Gasteiger partial charge in [-0.3, -0.25) is 4.79 Å². The van der Waals surface area contributed by atoms with E-state index < -0.39 is 0 Å². The van der Waals surface area contributed by atoms with E-state index in [2.05, 4.69) is 20.8 Å². The molecule has 0 aliphatic rings. The summed E-state index contributed by atoms with van der Waals surface area (Å²) in [5, 5.41) is 14.3. The van der Waals surface area contributed by atoms with Crippen LogP contribution in [0, 0.1) is 0 Å². The highest BCUT2D eigenvalue weighted by molar-refractivity contribution is 8.00. The molecule has 0 fully saturated rings. The number of anilines is 1. The molecular formula is C18H19N5O2S. The summed E-state index contributed by atoms with van der Waals surface area (Å²) >= 11 is 1.47. The molecule has 2 aromatic carbocycles. The number of hydrogen-bond donors (Lipinski definition) is 1. The third-order valence-corrected chi connectivity index (χ3v) is 4.54. The lowest BCUT2D eigenvalue weighted by atomic mass is 10.2. The molecule has 3 rings (SSSR count). The average Bonchev–Trinajstić information content (AvgIpc) is 3.08. The number of nitrogens with zero attached hydrogens (tertiary/aromatic N) is 4. The Labute approximate surface area is 155 Å². The number of nitrogens with one attached hydrogen (secondary N) is 1. The van der Waals surface area contributed by atoms with Crippen molar-refractivity contribution < 1.29 is 9.53 Å². The number of tetrazole rings is 1. The van der Waals surface area contributed by atoms with E-state index in [-0.39, 0.29) is 5.91 Å². The lowest BCUT2D eigenvalue weighted by Crippen LogP contribution is -2.14. The van der Waals surface area contributed by atoms with Gasteiger partial charge in [0.05, 0.1) is 12.4 Å². The highest BCUT2D eigenvalue weighted by atomic mass is 32.2. The van der Waals surface area contributed by atoms with Crippen LogP contribution in [0.1, 0.15) is 6.92 Å². The van der Waals surface area contributed by atoms with Gasteiger partial charge < -0.3 is 10.1 Å². The van der Waals surface area contributed by atoms with Crippen LogP contribution in [0.2, 0.25) is 0 Å². The second-order valence-corrected chi connectivity index (χ2v) is 6.50. The minimum absolute atomic E-state index is 0.0721. The minimum atomic E-state index is -0.0721. The highest BCUT2D eigenvalue weighted by Gasteiger charge is 2.08. The lowest BCUT2D eigenvalue weighted by Gasteiger charge is -2.07. The third kappa shape index (κ3) is 4.60. The van der Waals surface area contributed by atoms with E-state index in [0.717, 1.165) is 16.2 Å². The molecule has 0 aliphatic carbocycles. The molecule has 0 saturated carbocycles. The highest BCUT2D eigenvalue weighted by Crippen LogP contribution is 2.23. The molecular weight excluding hydrogens is 350 g/mol. The summed E-state index contributed by atoms with van der Waals surface area (Å²) in [6.45, 7) is 2.58. The Morgan fingerprint density at radius 2 is 2.04 bits per heavy atom. The quantitative estimate of drug-likeness (QED) is 0.645. The van der Waals surface area contributed by atoms with Crippen LogP contribution in [0.4, 0.5) is 5.69 Å². The van der Waals surface area contributed by atoms with Crippen molar-refractivity contribution in [1.82, 2.24) is 20.2 Å². The number of aromatic nitrogens is 4. The van der Waals surface area contributed by atoms with Gasteiger partial charge in [-0.2, -0.15) is 0 Å². The van der Waals surface area contributed by atoms with Gasteiger partial charge in [-0.15, -0.1) is 16.9 Å². The SMILES string of the molecule is CCOc1ccc(SCC(=O)Nc2cccc(-c3nnnn3C)c2)cc1. The van der Waals surface area contributed by atoms with Crippen molar-refractivity contribution in [2.45, 2.75) is 11.8 Å². The number of thioether (sulfide) groups is 1. The maximum absolute atomic E-state index is 12.2. The number of carbonyl (C=O) groups excluding carboxylic acids is 1. The zero-order valence-electron chi connectivity index (χ0n) is 14.5. The van der Waals surface area contributed by atoms with Gasteiger partial charge in [-0.1, -0.05) is 12.1 Å². The molecule has 134 valence electrons. The molecule has 8 heteroatoms. The minimum Gasteiger partial charge on any atom is -0.494 e. The molecule has 0 radical (unpaired) electrons. The number of ether oxygens (including phenoxy) is 1. The Bertz CT molecular complexity index is 879. The van der Waals surface area contributed by atoms with Crippen LogP contribution in [0.25, 0.3) is 11.4 Å². The van der Waals surface area contributed by atoms with Crippen molar-refractivity contribution in [2.75, 3.05) is 17.7 Å². The monoisotopic (exact) mass is 369 g/mol. The first-order chi connectivity index (χ1) is 12.7. The molecule has 1 aromatic heterocycles. The number of benzene rings is 2. The van der Waals surface area contributed by atoms with Crippen LogP contribution in [-0.2, 0) is 11.8 Å². The van der Waals surface area contributed by atoms with Gasteiger partial charge in [-0.25, -0.2) is 4.68 Å². The predicted molar refractivity (Wildman–Crippen MR) is 101 cm³/mol. The average molecular weight is 369 g/mol. The van der Waals surface area contributed by atoms with Crippen molar-refractivity contribution in [2.24, 2.45) is 7.05 Å². The summed E-state index contributed by atoms with van der Waals surface area (Å²) in [7, 11) is 1.77. The number of hydrogen-bond acceptors (Lipinski definition) is 6. The van der Waals surface area contributed by atoms with E-state index in [1.54, 1.807) is 11.7 Å². The fourth-order valence-electron chi connectivity index (χ4n) is 2.35. The fraction of sp³-hybridized carbons (Fsp3) is 0.222. The molecule has 1 N–H and O–H groups in total. The molecule has 0 aliphatic heterocycles. The van der Waals surface area contributed by atoms with Crippen molar-refractivity contribution in [3.63, 3.8) is 0 Å². The van der Waals surface area contributed by atoms with E-state index in [4.69, 9.17) is 4.74 Å². The number of amides is 1. The zero-order chi connectivity index (χ0) is 18.4. The summed E-state index contributed by atoms with van der Waals surface area (Å²) in [4.78, 5) is 13.2. The van der Waals surface area contributed by atoms with Gasteiger partial charge in [0.25, 0.3) is 0 Å². The van der Waals surface area contributed by atoms with Crippen LogP contribution in [0.3, 0.4) is 0 Å². The van der Waals surface area contributed by atoms with Crippen molar-refractivity contribution in [3.05, 3.63) is 48.5 Å². The molecule has 3 aromatic rings. The summed E-state index contributed by atoms with van der Waals surface area (Å²) in [5.41, 5.74) is 1.55. The van der Waals surface area contributed by atoms with Gasteiger partial charge in [-0.05, 0) is 53.7 Å². The molecule has 0 bridgehead atoms. The Kier molecular flexibility index (Phi) is 5.85. The predicted octanol–water partition coefficient (Wildman–Crippen LogP) is 3.01. The second-order valence-electron chi connectivity index (χ2n) is 5.45. The lowest BCUT2D eigenvalue weighted by molar-refractivity contribution is -0.113. The number of aryl methyl sites for hydroxylation is 1. The zero-order valence-corrected chi connectivity index (χ0v) is 15.4. The standard InChI is InChI=1S/C18H19N5O2S/c1-3-25-15-7-9-16(10-8-15)26-12-17(24)19-14-6-4-5-13(11-14)18-20-21-22-23(18)2/h4-11H,3,12H2,1-2H3,(H,19,24). The number of carbonyl (C=O) groups is 1. The van der Waals surface area contributed by atoms with E-state index >= 15 is 0 Å². The van der Waals surface area contributed by atoms with Gasteiger partial charge in [0.2, 0.25) is 5.91 Å². The van der Waals surface area contributed by atoms with E-state index in [1.807, 2.05) is 55.5 Å². The van der Waals surface area contributed by atoms with E-state index in [1.165, 1.54) is 11.8 Å². The maximum Gasteiger partial charge on any atom is 0.234 e. The Morgan fingerprint density at radius 3 is 2.73 bits per heavy atom. The van der Waals surface area contributed by atoms with Crippen LogP contribution in [0.15, 0.2) is 53.4 Å². The molecule has 0 saturated heterocycles. The van der Waals surface area contributed by atoms with Crippen LogP contribution in [0.5, 0.6) is 5.75 Å². The first-order valence-electron chi connectivity index (χ1n) is 8.14. The summed E-state index contributed by atoms with van der Waals surface area (Å²) in [6, 6.07) is 15.2. The van der Waals surface area contributed by atoms with Gasteiger partial charge >= 0.3 is 0 Å². The summed E-state index contributed by atoms with van der Waals surface area (Å²) < 4.78 is 7.00. The van der Waals surface area contributed by atoms with E-state index in [9.17, 15) is 4.79 Å². The Morgan fingerprint density at radius 1 is 1.23 bits per heavy atom. The second kappa shape index (κ2) is 8.48. The molecule has 7 nitrogen and oxygen atoms in total. The van der Waals surface area contributed by atoms with E-state index in [0.29, 0.717) is 23.9 Å². The molecule has 1 amide bonds. The normalized spacial score (nSPS) is 10.5. The fourth-order valence-corrected chi connectivity index (χ4v) is 3.05. The maximum atomic E-state index is 12.2. The topological polar surface area (TPSA) is 81.9 Å². The van der Waals surface area contributed by atoms with Crippen LogP contribution < -0.4 is 10.1 Å². The first kappa shape index (κ1) is 17.9. The number of rotatable bonds is 7. The van der Waals surface area contributed by atoms with Crippen molar-refractivity contribution >= 4 is 23.4 Å². The van der Waals surface area contributed by atoms with Gasteiger partial charge in [0.15, 0.2) is 5.82 Å². The van der Waals surface area contributed by atoms with Crippen LogP contribution >= 0.6 is 11.8 Å². The Hall–Kier alpha value is -2.87. The van der Waals surface area contributed by atoms with Crippen molar-refractivity contribution in [3.8, 4) is 17.1 Å². The third-order valence-electron chi connectivity index (χ3n) is 3.53. The van der Waals surface area contributed by atoms with Gasteiger partial charge in [0, 0.05) is 23.2 Å². The molecule has 26 heavy (non-hydrogen) atoms. The largest absolute Gasteiger partial charge is 0.494 e. The summed E-state index contributed by atoms with van der Waals surface area (Å²) in [6.07, 6.45) is 0. The Balaban J connectivity index is 1.57. The molecule has 1 heterocycles. The molecule has 0 atom stereocenters. The van der Waals surface area contributed by atoms with Crippen LogP contribution in [-0.4, -0.2) is 38.5 Å².